The molecule has 1 fully saturated rings. The Hall–Kier alpha value is -3.76. The van der Waals surface area contributed by atoms with Gasteiger partial charge >= 0.3 is 12.6 Å². The Bertz CT molecular complexity index is 1250. The summed E-state index contributed by atoms with van der Waals surface area (Å²) in [5, 5.41) is 7.77. The van der Waals surface area contributed by atoms with Gasteiger partial charge in [0.05, 0.1) is 16.9 Å². The first-order valence-electron chi connectivity index (χ1n) is 11.4. The Morgan fingerprint density at radius 3 is 2.77 bits per heavy atom. The van der Waals surface area contributed by atoms with Gasteiger partial charge in [-0.1, -0.05) is 6.07 Å². The van der Waals surface area contributed by atoms with Crippen molar-refractivity contribution in [1.82, 2.24) is 30.0 Å². The van der Waals surface area contributed by atoms with Crippen LogP contribution in [0.2, 0.25) is 0 Å². The molecule has 1 atom stereocenters. The zero-order valence-corrected chi connectivity index (χ0v) is 19.5. The van der Waals surface area contributed by atoms with Gasteiger partial charge in [0.2, 0.25) is 0 Å². The van der Waals surface area contributed by atoms with Gasteiger partial charge in [0, 0.05) is 48.7 Å². The zero-order chi connectivity index (χ0) is 24.8. The number of nitrogen functional groups attached to an aromatic ring is 1. The summed E-state index contributed by atoms with van der Waals surface area (Å²) in [6.07, 6.45) is 4.90. The van der Waals surface area contributed by atoms with Crippen LogP contribution in [0, 0.1) is 0 Å². The smallest absolute Gasteiger partial charge is 0.387 e. The number of rotatable bonds is 5. The number of pyridine rings is 2. The number of alkyl halides is 2. The molecule has 3 N–H and O–H groups in total. The summed E-state index contributed by atoms with van der Waals surface area (Å²) in [5.74, 6) is -0.289. The van der Waals surface area contributed by atoms with E-state index in [9.17, 15) is 13.6 Å². The topological polar surface area (TPSA) is 111 Å². The van der Waals surface area contributed by atoms with Crippen LogP contribution in [0.25, 0.3) is 11.3 Å². The minimum atomic E-state index is -3.00. The van der Waals surface area contributed by atoms with E-state index >= 15 is 0 Å². The van der Waals surface area contributed by atoms with Gasteiger partial charge in [0.15, 0.2) is 11.6 Å². The second kappa shape index (κ2) is 8.47. The fourth-order valence-electron chi connectivity index (χ4n) is 4.99. The molecule has 184 valence electrons. The van der Waals surface area contributed by atoms with E-state index in [0.29, 0.717) is 30.9 Å². The third kappa shape index (κ3) is 4.26. The number of hydrogen-bond donors (Lipinski definition) is 2. The maximum absolute atomic E-state index is 13.1. The van der Waals surface area contributed by atoms with Crippen LogP contribution in [0.15, 0.2) is 42.7 Å². The van der Waals surface area contributed by atoms with Crippen molar-refractivity contribution in [2.75, 3.05) is 18.8 Å². The molecule has 0 unspecified atom stereocenters. The standard InChI is InChI=1S/C24H27F2N7O2/c1-23(2,18-5-3-4-8-28-18)30-22(34)32-9-6-24(14-32)7-10-33-19(24)12-16(31-33)15-11-17(35-21(25)26)20(27)29-13-15/h3-5,8,11-13,21H,6-7,9-10,14H2,1-2H3,(H2,27,29)(H,30,34)/t24-/m1/s1. The lowest BCUT2D eigenvalue weighted by Gasteiger charge is -2.30. The van der Waals surface area contributed by atoms with Crippen molar-refractivity contribution in [3.8, 4) is 17.0 Å². The lowest BCUT2D eigenvalue weighted by atomic mass is 9.82. The van der Waals surface area contributed by atoms with E-state index in [4.69, 9.17) is 5.73 Å². The van der Waals surface area contributed by atoms with E-state index in [1.807, 2.05) is 47.7 Å². The number of nitrogens with zero attached hydrogens (tertiary/aromatic N) is 5. The highest BCUT2D eigenvalue weighted by molar-refractivity contribution is 5.76. The predicted octanol–water partition coefficient (Wildman–Crippen LogP) is 3.52. The molecule has 0 aliphatic carbocycles. The number of fused-ring (bicyclic) bond motifs is 2. The highest BCUT2D eigenvalue weighted by atomic mass is 19.3. The molecule has 2 aliphatic rings. The van der Waals surface area contributed by atoms with Gasteiger partial charge in [-0.05, 0) is 51.0 Å². The van der Waals surface area contributed by atoms with Gasteiger partial charge in [-0.3, -0.25) is 9.67 Å². The molecule has 11 heteroatoms. The van der Waals surface area contributed by atoms with Crippen LogP contribution in [0.5, 0.6) is 5.75 Å². The SMILES string of the molecule is CC(C)(NC(=O)N1CC[C@@]2(CCn3nc(-c4cnc(N)c(OC(F)F)c4)cc32)C1)c1ccccn1. The van der Waals surface area contributed by atoms with Crippen LogP contribution in [-0.2, 0) is 17.5 Å². The molecule has 3 aromatic heterocycles. The molecule has 2 amide bonds. The molecule has 35 heavy (non-hydrogen) atoms. The number of amides is 2. The molecular weight excluding hydrogens is 456 g/mol. The van der Waals surface area contributed by atoms with Gasteiger partial charge in [0.25, 0.3) is 0 Å². The number of urea groups is 1. The average molecular weight is 484 g/mol. The van der Waals surface area contributed by atoms with Gasteiger partial charge in [-0.15, -0.1) is 0 Å². The number of nitrogens with two attached hydrogens (primary N) is 1. The lowest BCUT2D eigenvalue weighted by molar-refractivity contribution is -0.0494. The summed E-state index contributed by atoms with van der Waals surface area (Å²) >= 11 is 0. The number of halogens is 2. The van der Waals surface area contributed by atoms with E-state index in [1.54, 1.807) is 6.20 Å². The zero-order valence-electron chi connectivity index (χ0n) is 19.5. The molecular formula is C24H27F2N7O2. The highest BCUT2D eigenvalue weighted by Crippen LogP contribution is 2.44. The molecule has 0 saturated carbocycles. The Morgan fingerprint density at radius 2 is 2.03 bits per heavy atom. The number of likely N-dealkylation sites (tertiary alicyclic amines) is 1. The number of nitrogens with one attached hydrogen (secondary N) is 1. The van der Waals surface area contributed by atoms with Crippen molar-refractivity contribution in [3.63, 3.8) is 0 Å². The van der Waals surface area contributed by atoms with E-state index in [1.165, 1.54) is 12.3 Å². The second-order valence-electron chi connectivity index (χ2n) is 9.60. The third-order valence-corrected chi connectivity index (χ3v) is 6.88. The van der Waals surface area contributed by atoms with Crippen molar-refractivity contribution in [2.45, 2.75) is 50.8 Å². The first kappa shape index (κ1) is 23.0. The second-order valence-corrected chi connectivity index (χ2v) is 9.60. The number of aromatic nitrogens is 4. The summed E-state index contributed by atoms with van der Waals surface area (Å²) in [7, 11) is 0. The van der Waals surface area contributed by atoms with Gasteiger partial charge in [0.1, 0.15) is 0 Å². The molecule has 0 aromatic carbocycles. The fraction of sp³-hybridized carbons (Fsp3) is 0.417. The Labute approximate surface area is 201 Å². The molecule has 1 spiro atoms. The van der Waals surface area contributed by atoms with Crippen LogP contribution < -0.4 is 15.8 Å². The number of hydrogen-bond acceptors (Lipinski definition) is 6. The number of ether oxygens (including phenoxy) is 1. The number of aryl methyl sites for hydroxylation is 1. The van der Waals surface area contributed by atoms with E-state index in [2.05, 4.69) is 25.1 Å². The quantitative estimate of drug-likeness (QED) is 0.575. The Kier molecular flexibility index (Phi) is 5.57. The monoisotopic (exact) mass is 483 g/mol. The number of carbonyl (C=O) groups excluding carboxylic acids is 1. The lowest BCUT2D eigenvalue weighted by Crippen LogP contribution is -2.48. The summed E-state index contributed by atoms with van der Waals surface area (Å²) in [5.41, 5.74) is 7.80. The van der Waals surface area contributed by atoms with Crippen LogP contribution in [-0.4, -0.2) is 50.4 Å². The van der Waals surface area contributed by atoms with Crippen LogP contribution in [0.4, 0.5) is 19.4 Å². The van der Waals surface area contributed by atoms with Gasteiger partial charge in [-0.25, -0.2) is 9.78 Å². The van der Waals surface area contributed by atoms with Crippen molar-refractivity contribution >= 4 is 11.8 Å². The van der Waals surface area contributed by atoms with Gasteiger partial charge < -0.3 is 20.7 Å². The highest BCUT2D eigenvalue weighted by Gasteiger charge is 2.47. The first-order chi connectivity index (χ1) is 16.7. The largest absolute Gasteiger partial charge is 0.431 e. The normalized spacial score (nSPS) is 19.4. The van der Waals surface area contributed by atoms with E-state index < -0.39 is 12.2 Å². The maximum atomic E-state index is 13.1. The minimum Gasteiger partial charge on any atom is -0.431 e. The molecule has 0 radical (unpaired) electrons. The molecule has 3 aromatic rings. The summed E-state index contributed by atoms with van der Waals surface area (Å²) in [6, 6.07) is 8.88. The van der Waals surface area contributed by atoms with Crippen LogP contribution >= 0.6 is 0 Å². The van der Waals surface area contributed by atoms with Crippen LogP contribution in [0.3, 0.4) is 0 Å². The van der Waals surface area contributed by atoms with E-state index in [-0.39, 0.29) is 23.0 Å². The van der Waals surface area contributed by atoms with Crippen molar-refractivity contribution in [3.05, 3.63) is 54.1 Å². The molecule has 0 bridgehead atoms. The molecule has 5 rings (SSSR count). The van der Waals surface area contributed by atoms with Gasteiger partial charge in [-0.2, -0.15) is 13.9 Å². The fourth-order valence-corrected chi connectivity index (χ4v) is 4.99. The first-order valence-corrected chi connectivity index (χ1v) is 11.4. The minimum absolute atomic E-state index is 0.108. The van der Waals surface area contributed by atoms with Crippen LogP contribution in [0.1, 0.15) is 38.1 Å². The molecule has 1 saturated heterocycles. The summed E-state index contributed by atoms with van der Waals surface area (Å²) in [4.78, 5) is 23.3. The number of carbonyl (C=O) groups is 1. The Balaban J connectivity index is 1.34. The Morgan fingerprint density at radius 1 is 1.23 bits per heavy atom. The average Bonchev–Trinajstić information content (AvgIpc) is 3.52. The maximum Gasteiger partial charge on any atom is 0.387 e. The molecule has 2 aliphatic heterocycles. The third-order valence-electron chi connectivity index (χ3n) is 6.88. The van der Waals surface area contributed by atoms with E-state index in [0.717, 1.165) is 24.2 Å². The molecule has 5 heterocycles. The number of anilines is 1. The van der Waals surface area contributed by atoms with Crippen molar-refractivity contribution in [2.24, 2.45) is 0 Å². The van der Waals surface area contributed by atoms with Crippen molar-refractivity contribution < 1.29 is 18.3 Å². The van der Waals surface area contributed by atoms with Crippen molar-refractivity contribution in [1.29, 1.82) is 0 Å². The molecule has 9 nitrogen and oxygen atoms in total. The summed E-state index contributed by atoms with van der Waals surface area (Å²) < 4.78 is 31.8. The predicted molar refractivity (Wildman–Crippen MR) is 125 cm³/mol. The summed E-state index contributed by atoms with van der Waals surface area (Å²) in [6.45, 7) is 2.78.